The van der Waals surface area contributed by atoms with Crippen LogP contribution < -0.4 is 0 Å². The number of hydrogen-bond donors (Lipinski definition) is 1. The summed E-state index contributed by atoms with van der Waals surface area (Å²) < 4.78 is 0. The Morgan fingerprint density at radius 1 is 1.19 bits per heavy atom. The van der Waals surface area contributed by atoms with Gasteiger partial charge < -0.3 is 10.0 Å². The minimum atomic E-state index is -0.465. The highest BCUT2D eigenvalue weighted by atomic mass is 16.3. The van der Waals surface area contributed by atoms with Gasteiger partial charge in [0, 0.05) is 39.6 Å². The SMILES string of the molecule is CC(=O)N1CCCN(CC(O)c2ccc(C)c(C)c2)CC1. The van der Waals surface area contributed by atoms with Gasteiger partial charge in [0.05, 0.1) is 6.10 Å². The van der Waals surface area contributed by atoms with Crippen LogP contribution in [-0.2, 0) is 4.79 Å². The zero-order chi connectivity index (χ0) is 15.4. The molecule has 1 heterocycles. The fourth-order valence-electron chi connectivity index (χ4n) is 2.79. The second-order valence-electron chi connectivity index (χ2n) is 6.02. The van der Waals surface area contributed by atoms with Crippen LogP contribution in [0.5, 0.6) is 0 Å². The number of hydrogen-bond acceptors (Lipinski definition) is 3. The molecule has 1 N–H and O–H groups in total. The Hall–Kier alpha value is -1.39. The van der Waals surface area contributed by atoms with Gasteiger partial charge in [-0.2, -0.15) is 0 Å². The molecule has 0 aromatic heterocycles. The van der Waals surface area contributed by atoms with Gasteiger partial charge in [0.1, 0.15) is 0 Å². The second kappa shape index (κ2) is 7.05. The number of rotatable bonds is 3. The molecular formula is C17H26N2O2. The van der Waals surface area contributed by atoms with Gasteiger partial charge in [0.15, 0.2) is 0 Å². The average Bonchev–Trinajstić information content (AvgIpc) is 2.67. The minimum absolute atomic E-state index is 0.145. The summed E-state index contributed by atoms with van der Waals surface area (Å²) >= 11 is 0. The maximum atomic E-state index is 11.4. The highest BCUT2D eigenvalue weighted by Gasteiger charge is 2.19. The molecule has 1 fully saturated rings. The van der Waals surface area contributed by atoms with Gasteiger partial charge in [-0.25, -0.2) is 0 Å². The zero-order valence-electron chi connectivity index (χ0n) is 13.3. The Morgan fingerprint density at radius 2 is 1.95 bits per heavy atom. The topological polar surface area (TPSA) is 43.8 Å². The second-order valence-corrected chi connectivity index (χ2v) is 6.02. The molecule has 1 aliphatic heterocycles. The highest BCUT2D eigenvalue weighted by Crippen LogP contribution is 2.18. The van der Waals surface area contributed by atoms with E-state index in [0.717, 1.165) is 38.2 Å². The first-order valence-corrected chi connectivity index (χ1v) is 7.70. The van der Waals surface area contributed by atoms with Gasteiger partial charge in [-0.05, 0) is 37.0 Å². The van der Waals surface area contributed by atoms with E-state index in [1.165, 1.54) is 11.1 Å². The van der Waals surface area contributed by atoms with Crippen LogP contribution in [0.4, 0.5) is 0 Å². The molecule has 21 heavy (non-hydrogen) atoms. The Morgan fingerprint density at radius 3 is 2.62 bits per heavy atom. The third-order valence-corrected chi connectivity index (χ3v) is 4.38. The molecule has 0 saturated carbocycles. The van der Waals surface area contributed by atoms with E-state index in [0.29, 0.717) is 6.54 Å². The lowest BCUT2D eigenvalue weighted by molar-refractivity contribution is -0.128. The number of amides is 1. The molecule has 1 atom stereocenters. The number of β-amino-alcohol motifs (C(OH)–C–C–N with tert-alkyl or cyclic N) is 1. The van der Waals surface area contributed by atoms with Crippen LogP contribution in [0.25, 0.3) is 0 Å². The molecular weight excluding hydrogens is 264 g/mol. The Labute approximate surface area is 127 Å². The third-order valence-electron chi connectivity index (χ3n) is 4.38. The average molecular weight is 290 g/mol. The number of aryl methyl sites for hydroxylation is 2. The summed E-state index contributed by atoms with van der Waals surface area (Å²) in [7, 11) is 0. The Kier molecular flexibility index (Phi) is 5.37. The van der Waals surface area contributed by atoms with E-state index in [1.54, 1.807) is 6.92 Å². The third kappa shape index (κ3) is 4.29. The summed E-state index contributed by atoms with van der Waals surface area (Å²) in [5, 5.41) is 10.4. The fourth-order valence-corrected chi connectivity index (χ4v) is 2.79. The van der Waals surface area contributed by atoms with Crippen LogP contribution in [0, 0.1) is 13.8 Å². The Bertz CT molecular complexity index is 502. The van der Waals surface area contributed by atoms with Crippen LogP contribution >= 0.6 is 0 Å². The van der Waals surface area contributed by atoms with E-state index in [1.807, 2.05) is 11.0 Å². The van der Waals surface area contributed by atoms with E-state index in [4.69, 9.17) is 0 Å². The molecule has 1 aliphatic rings. The van der Waals surface area contributed by atoms with Crippen LogP contribution in [-0.4, -0.2) is 53.5 Å². The summed E-state index contributed by atoms with van der Waals surface area (Å²) in [6.45, 7) is 9.76. The van der Waals surface area contributed by atoms with Crippen molar-refractivity contribution in [1.29, 1.82) is 0 Å². The fraction of sp³-hybridized carbons (Fsp3) is 0.588. The highest BCUT2D eigenvalue weighted by molar-refractivity contribution is 5.73. The number of carbonyl (C=O) groups is 1. The monoisotopic (exact) mass is 290 g/mol. The van der Waals surface area contributed by atoms with Crippen molar-refractivity contribution in [2.45, 2.75) is 33.3 Å². The molecule has 0 aliphatic carbocycles. The smallest absolute Gasteiger partial charge is 0.219 e. The van der Waals surface area contributed by atoms with Gasteiger partial charge in [-0.1, -0.05) is 18.2 Å². The molecule has 1 unspecified atom stereocenters. The van der Waals surface area contributed by atoms with E-state index < -0.39 is 6.10 Å². The van der Waals surface area contributed by atoms with Gasteiger partial charge in [-0.15, -0.1) is 0 Å². The van der Waals surface area contributed by atoms with Crippen LogP contribution in [0.3, 0.4) is 0 Å². The zero-order valence-corrected chi connectivity index (χ0v) is 13.3. The first kappa shape index (κ1) is 16.0. The van der Waals surface area contributed by atoms with Crippen molar-refractivity contribution in [2.75, 3.05) is 32.7 Å². The first-order valence-electron chi connectivity index (χ1n) is 7.70. The molecule has 2 rings (SSSR count). The van der Waals surface area contributed by atoms with E-state index >= 15 is 0 Å². The molecule has 0 spiro atoms. The summed E-state index contributed by atoms with van der Waals surface area (Å²) in [6.07, 6.45) is 0.507. The van der Waals surface area contributed by atoms with Crippen molar-refractivity contribution >= 4 is 5.91 Å². The molecule has 4 heteroatoms. The predicted octanol–water partition coefficient (Wildman–Crippen LogP) is 1.89. The summed E-state index contributed by atoms with van der Waals surface area (Å²) in [4.78, 5) is 15.6. The van der Waals surface area contributed by atoms with Crippen molar-refractivity contribution in [2.24, 2.45) is 0 Å². The molecule has 0 radical (unpaired) electrons. The molecule has 1 aromatic carbocycles. The number of benzene rings is 1. The lowest BCUT2D eigenvalue weighted by Gasteiger charge is -2.24. The Balaban J connectivity index is 1.94. The summed E-state index contributed by atoms with van der Waals surface area (Å²) in [5.41, 5.74) is 3.44. The molecule has 0 bridgehead atoms. The summed E-state index contributed by atoms with van der Waals surface area (Å²) in [5.74, 6) is 0.145. The van der Waals surface area contributed by atoms with Crippen molar-refractivity contribution in [1.82, 2.24) is 9.80 Å². The maximum absolute atomic E-state index is 11.4. The van der Waals surface area contributed by atoms with Crippen molar-refractivity contribution < 1.29 is 9.90 Å². The minimum Gasteiger partial charge on any atom is -0.387 e. The van der Waals surface area contributed by atoms with Gasteiger partial charge in [0.25, 0.3) is 0 Å². The number of aliphatic hydroxyl groups excluding tert-OH is 1. The molecule has 4 nitrogen and oxygen atoms in total. The number of aliphatic hydroxyl groups is 1. The predicted molar refractivity (Wildman–Crippen MR) is 84.2 cm³/mol. The van der Waals surface area contributed by atoms with Gasteiger partial charge in [-0.3, -0.25) is 9.69 Å². The molecule has 116 valence electrons. The van der Waals surface area contributed by atoms with E-state index in [-0.39, 0.29) is 5.91 Å². The largest absolute Gasteiger partial charge is 0.387 e. The van der Waals surface area contributed by atoms with Crippen molar-refractivity contribution in [3.63, 3.8) is 0 Å². The standard InChI is InChI=1S/C17H26N2O2/c1-13-5-6-16(11-14(13)2)17(21)12-18-7-4-8-19(10-9-18)15(3)20/h5-6,11,17,21H,4,7-10,12H2,1-3H3. The van der Waals surface area contributed by atoms with E-state index in [2.05, 4.69) is 30.9 Å². The molecule has 1 amide bonds. The van der Waals surface area contributed by atoms with Gasteiger partial charge in [0.2, 0.25) is 5.91 Å². The van der Waals surface area contributed by atoms with Crippen LogP contribution in [0.1, 0.15) is 36.1 Å². The van der Waals surface area contributed by atoms with Crippen molar-refractivity contribution in [3.05, 3.63) is 34.9 Å². The lowest BCUT2D eigenvalue weighted by Crippen LogP contribution is -2.35. The lowest BCUT2D eigenvalue weighted by atomic mass is 10.0. The quantitative estimate of drug-likeness (QED) is 0.924. The van der Waals surface area contributed by atoms with Crippen molar-refractivity contribution in [3.8, 4) is 0 Å². The molecule has 1 aromatic rings. The summed E-state index contributed by atoms with van der Waals surface area (Å²) in [6, 6.07) is 6.14. The number of nitrogens with zero attached hydrogens (tertiary/aromatic N) is 2. The molecule has 1 saturated heterocycles. The normalized spacial score (nSPS) is 18.4. The van der Waals surface area contributed by atoms with E-state index in [9.17, 15) is 9.90 Å². The van der Waals surface area contributed by atoms with Gasteiger partial charge >= 0.3 is 0 Å². The maximum Gasteiger partial charge on any atom is 0.219 e. The first-order chi connectivity index (χ1) is 9.97. The van der Waals surface area contributed by atoms with Crippen LogP contribution in [0.15, 0.2) is 18.2 Å². The number of carbonyl (C=O) groups excluding carboxylic acids is 1. The van der Waals surface area contributed by atoms with Crippen LogP contribution in [0.2, 0.25) is 0 Å².